The lowest BCUT2D eigenvalue weighted by molar-refractivity contribution is -0.0436. The van der Waals surface area contributed by atoms with Crippen LogP contribution in [0.15, 0.2) is 35.5 Å². The molecular weight excluding hydrogens is 487 g/mol. The number of carbonyl (C=O) groups excluding carboxylic acids is 1. The van der Waals surface area contributed by atoms with E-state index in [1.165, 1.54) is 17.7 Å². The molecule has 0 saturated carbocycles. The van der Waals surface area contributed by atoms with Crippen molar-refractivity contribution in [3.8, 4) is 11.9 Å². The Kier molecular flexibility index (Phi) is 6.39. The number of nitriles is 1. The van der Waals surface area contributed by atoms with Gasteiger partial charge in [0.25, 0.3) is 15.7 Å². The molecule has 1 aromatic carbocycles. The quantitative estimate of drug-likeness (QED) is 0.564. The maximum Gasteiger partial charge on any atom is 0.501 e. The van der Waals surface area contributed by atoms with Gasteiger partial charge in [0.15, 0.2) is 11.6 Å². The molecule has 15 heteroatoms. The fourth-order valence-electron chi connectivity index (χ4n) is 2.73. The van der Waals surface area contributed by atoms with Crippen molar-refractivity contribution in [3.63, 3.8) is 0 Å². The molecule has 0 aliphatic heterocycles. The van der Waals surface area contributed by atoms with Crippen LogP contribution in [0.4, 0.5) is 13.2 Å². The van der Waals surface area contributed by atoms with Crippen molar-refractivity contribution < 1.29 is 26.4 Å². The van der Waals surface area contributed by atoms with Crippen LogP contribution in [0.3, 0.4) is 0 Å². The first-order valence-corrected chi connectivity index (χ1v) is 10.8. The second-order valence-electron chi connectivity index (χ2n) is 6.62. The first-order valence-electron chi connectivity index (χ1n) is 8.92. The van der Waals surface area contributed by atoms with E-state index >= 15 is 0 Å². The number of aryl methyl sites for hydroxylation is 1. The van der Waals surface area contributed by atoms with Gasteiger partial charge < -0.3 is 5.32 Å². The molecule has 2 heterocycles. The fraction of sp³-hybridized carbons (Fsp3) is 0.222. The van der Waals surface area contributed by atoms with Gasteiger partial charge >= 0.3 is 5.51 Å². The van der Waals surface area contributed by atoms with Gasteiger partial charge in [0.1, 0.15) is 23.9 Å². The lowest BCUT2D eigenvalue weighted by Crippen LogP contribution is -2.29. The SMILES string of the molecule is Cc1nc([C@H](C)NC(=O)c2cc(Cl)cc(S(=O)(=O)C(F)(F)F)c2)n(-c2cc(C#N)ncn2)n1. The van der Waals surface area contributed by atoms with E-state index in [4.69, 9.17) is 16.9 Å². The molecule has 172 valence electrons. The molecule has 10 nitrogen and oxygen atoms in total. The Bertz CT molecular complexity index is 1380. The van der Waals surface area contributed by atoms with Crippen molar-refractivity contribution in [2.75, 3.05) is 0 Å². The van der Waals surface area contributed by atoms with Crippen LogP contribution in [0.5, 0.6) is 0 Å². The minimum absolute atomic E-state index is 0.0631. The van der Waals surface area contributed by atoms with Crippen molar-refractivity contribution in [2.45, 2.75) is 30.3 Å². The molecule has 1 atom stereocenters. The zero-order chi connectivity index (χ0) is 24.6. The number of hydrogen-bond donors (Lipinski definition) is 1. The van der Waals surface area contributed by atoms with Gasteiger partial charge in [0.2, 0.25) is 0 Å². The van der Waals surface area contributed by atoms with Crippen LogP contribution in [0.25, 0.3) is 5.82 Å². The summed E-state index contributed by atoms with van der Waals surface area (Å²) in [4.78, 5) is 23.5. The minimum atomic E-state index is -5.71. The summed E-state index contributed by atoms with van der Waals surface area (Å²) in [6.07, 6.45) is 1.15. The minimum Gasteiger partial charge on any atom is -0.342 e. The van der Waals surface area contributed by atoms with E-state index in [1.54, 1.807) is 6.92 Å². The third-order valence-electron chi connectivity index (χ3n) is 4.21. The Morgan fingerprint density at radius 2 is 1.94 bits per heavy atom. The van der Waals surface area contributed by atoms with E-state index < -0.39 is 37.8 Å². The van der Waals surface area contributed by atoms with Crippen LogP contribution >= 0.6 is 11.6 Å². The highest BCUT2D eigenvalue weighted by Gasteiger charge is 2.47. The number of sulfone groups is 1. The molecule has 1 N–H and O–H groups in total. The molecule has 0 radical (unpaired) electrons. The Balaban J connectivity index is 1.94. The number of halogens is 4. The molecule has 0 spiro atoms. The molecule has 3 rings (SSSR count). The third kappa shape index (κ3) is 4.94. The average Bonchev–Trinajstić information content (AvgIpc) is 3.14. The summed E-state index contributed by atoms with van der Waals surface area (Å²) in [5, 5.41) is 15.3. The van der Waals surface area contributed by atoms with Crippen LogP contribution < -0.4 is 5.32 Å². The summed E-state index contributed by atoms with van der Waals surface area (Å²) < 4.78 is 63.4. The summed E-state index contributed by atoms with van der Waals surface area (Å²) in [5.41, 5.74) is -5.91. The van der Waals surface area contributed by atoms with Crippen molar-refractivity contribution in [3.05, 3.63) is 58.5 Å². The average molecular weight is 500 g/mol. The van der Waals surface area contributed by atoms with Gasteiger partial charge in [-0.1, -0.05) is 11.6 Å². The summed E-state index contributed by atoms with van der Waals surface area (Å²) >= 11 is 5.76. The molecule has 0 aliphatic carbocycles. The molecule has 0 aliphatic rings. The molecule has 33 heavy (non-hydrogen) atoms. The largest absolute Gasteiger partial charge is 0.501 e. The molecule has 0 fully saturated rings. The summed E-state index contributed by atoms with van der Waals surface area (Å²) in [5.74, 6) is -0.214. The highest BCUT2D eigenvalue weighted by atomic mass is 35.5. The maximum atomic E-state index is 12.9. The van der Waals surface area contributed by atoms with E-state index in [9.17, 15) is 26.4 Å². The highest BCUT2D eigenvalue weighted by molar-refractivity contribution is 7.92. The smallest absolute Gasteiger partial charge is 0.342 e. The van der Waals surface area contributed by atoms with Gasteiger partial charge in [-0.2, -0.15) is 23.1 Å². The van der Waals surface area contributed by atoms with Gasteiger partial charge in [-0.25, -0.2) is 23.4 Å². The van der Waals surface area contributed by atoms with E-state index in [-0.39, 0.29) is 22.4 Å². The molecule has 3 aromatic rings. The summed E-state index contributed by atoms with van der Waals surface area (Å²) in [6, 6.07) is 4.55. The number of aromatic nitrogens is 5. The van der Waals surface area contributed by atoms with Crippen molar-refractivity contribution in [1.29, 1.82) is 5.26 Å². The maximum absolute atomic E-state index is 12.9. The van der Waals surface area contributed by atoms with Crippen LogP contribution in [0, 0.1) is 18.3 Å². The van der Waals surface area contributed by atoms with Crippen molar-refractivity contribution in [2.24, 2.45) is 0 Å². The Morgan fingerprint density at radius 3 is 2.58 bits per heavy atom. The number of nitrogens with one attached hydrogen (secondary N) is 1. The number of hydrogen-bond acceptors (Lipinski definition) is 8. The summed E-state index contributed by atoms with van der Waals surface area (Å²) in [7, 11) is -5.71. The Hall–Kier alpha value is -3.57. The first kappa shape index (κ1) is 24.1. The van der Waals surface area contributed by atoms with Crippen LogP contribution in [0.1, 0.15) is 40.7 Å². The highest BCUT2D eigenvalue weighted by Crippen LogP contribution is 2.32. The summed E-state index contributed by atoms with van der Waals surface area (Å²) in [6.45, 7) is 3.09. The standard InChI is InChI=1S/C18H13ClF3N7O3S/c1-9(16-27-10(2)28-29(16)15-6-13(7-23)24-8-25-15)26-17(30)11-3-12(19)5-14(4-11)33(31,32)18(20,21)22/h3-6,8-9H,1-2H3,(H,26,30)/t9-/m0/s1. The number of amides is 1. The van der Waals surface area contributed by atoms with Gasteiger partial charge in [0.05, 0.1) is 10.9 Å². The first-order chi connectivity index (χ1) is 15.3. The lowest BCUT2D eigenvalue weighted by atomic mass is 10.2. The van der Waals surface area contributed by atoms with E-state index in [0.29, 0.717) is 18.0 Å². The predicted octanol–water partition coefficient (Wildman–Crippen LogP) is 2.68. The normalized spacial score (nSPS) is 12.8. The predicted molar refractivity (Wildman–Crippen MR) is 107 cm³/mol. The Labute approximate surface area is 190 Å². The monoisotopic (exact) mass is 499 g/mol. The number of benzene rings is 1. The molecule has 0 bridgehead atoms. The van der Waals surface area contributed by atoms with Crippen molar-refractivity contribution in [1.82, 2.24) is 30.0 Å². The number of nitrogens with zero attached hydrogens (tertiary/aromatic N) is 6. The molecular formula is C18H13ClF3N7O3S. The zero-order valence-corrected chi connectivity index (χ0v) is 18.4. The molecule has 0 saturated heterocycles. The van der Waals surface area contributed by atoms with Gasteiger partial charge in [-0.3, -0.25) is 4.79 Å². The number of alkyl halides is 3. The van der Waals surface area contributed by atoms with E-state index in [1.807, 2.05) is 6.07 Å². The van der Waals surface area contributed by atoms with Gasteiger partial charge in [-0.05, 0) is 32.0 Å². The van der Waals surface area contributed by atoms with E-state index in [0.717, 1.165) is 12.4 Å². The second kappa shape index (κ2) is 8.75. The van der Waals surface area contributed by atoms with Crippen molar-refractivity contribution >= 4 is 27.3 Å². The molecule has 1 amide bonds. The Morgan fingerprint density at radius 1 is 1.24 bits per heavy atom. The topological polar surface area (TPSA) is 144 Å². The zero-order valence-electron chi connectivity index (χ0n) is 16.8. The lowest BCUT2D eigenvalue weighted by Gasteiger charge is -2.15. The van der Waals surface area contributed by atoms with Crippen LogP contribution in [0.2, 0.25) is 5.02 Å². The molecule has 0 unspecified atom stereocenters. The second-order valence-corrected chi connectivity index (χ2v) is 9.00. The number of rotatable bonds is 5. The van der Waals surface area contributed by atoms with Crippen LogP contribution in [-0.4, -0.2) is 44.6 Å². The van der Waals surface area contributed by atoms with Crippen LogP contribution in [-0.2, 0) is 9.84 Å². The molecule has 2 aromatic heterocycles. The van der Waals surface area contributed by atoms with Gasteiger partial charge in [-0.15, -0.1) is 5.10 Å². The fourth-order valence-corrected chi connectivity index (χ4v) is 3.86. The van der Waals surface area contributed by atoms with E-state index in [2.05, 4.69) is 25.4 Å². The third-order valence-corrected chi connectivity index (χ3v) is 5.89. The number of carbonyl (C=O) groups is 1. The van der Waals surface area contributed by atoms with Gasteiger partial charge in [0, 0.05) is 16.7 Å².